The molecule has 0 atom stereocenters. The van der Waals surface area contributed by atoms with Gasteiger partial charge in [0.1, 0.15) is 12.3 Å². The van der Waals surface area contributed by atoms with Crippen LogP contribution < -0.4 is 4.90 Å². The van der Waals surface area contributed by atoms with Crippen molar-refractivity contribution in [3.63, 3.8) is 0 Å². The van der Waals surface area contributed by atoms with Crippen LogP contribution in [0.5, 0.6) is 5.75 Å². The number of aromatic hydroxyl groups is 1. The summed E-state index contributed by atoms with van der Waals surface area (Å²) in [5, 5.41) is 18.2. The molecular weight excluding hydrogens is 274 g/mol. The number of aromatic nitrogens is 2. The summed E-state index contributed by atoms with van der Waals surface area (Å²) in [7, 11) is 0. The highest BCUT2D eigenvalue weighted by atomic mass is 16.4. The topological polar surface area (TPSA) is 95.7 Å². The first-order chi connectivity index (χ1) is 10.1. The van der Waals surface area contributed by atoms with Crippen molar-refractivity contribution >= 4 is 17.6 Å². The number of amides is 1. The van der Waals surface area contributed by atoms with Gasteiger partial charge in [-0.05, 0) is 24.3 Å². The Morgan fingerprint density at radius 1 is 1.24 bits per heavy atom. The molecule has 21 heavy (non-hydrogen) atoms. The van der Waals surface area contributed by atoms with Crippen molar-refractivity contribution in [2.45, 2.75) is 13.0 Å². The molecule has 0 aliphatic carbocycles. The van der Waals surface area contributed by atoms with Gasteiger partial charge in [-0.3, -0.25) is 9.59 Å². The maximum absolute atomic E-state index is 12.2. The number of carboxylic acid groups (broad SMARTS) is 1. The number of carbonyl (C=O) groups excluding carboxylic acids is 1. The fourth-order valence-electron chi connectivity index (χ4n) is 1.87. The molecule has 0 bridgehead atoms. The smallest absolute Gasteiger partial charge is 0.323 e. The van der Waals surface area contributed by atoms with Gasteiger partial charge in [0.2, 0.25) is 5.91 Å². The molecule has 1 heterocycles. The zero-order valence-corrected chi connectivity index (χ0v) is 11.2. The number of aliphatic carboxylic acids is 1. The van der Waals surface area contributed by atoms with Crippen LogP contribution in [0, 0.1) is 0 Å². The van der Waals surface area contributed by atoms with Crippen LogP contribution in [0.4, 0.5) is 5.69 Å². The number of imidazole rings is 1. The van der Waals surface area contributed by atoms with E-state index in [4.69, 9.17) is 5.11 Å². The Morgan fingerprint density at radius 3 is 2.52 bits per heavy atom. The third-order valence-corrected chi connectivity index (χ3v) is 2.90. The Morgan fingerprint density at radius 2 is 1.95 bits per heavy atom. The first-order valence-corrected chi connectivity index (χ1v) is 6.33. The van der Waals surface area contributed by atoms with E-state index in [1.807, 2.05) is 0 Å². The van der Waals surface area contributed by atoms with Crippen LogP contribution in [-0.4, -0.2) is 38.2 Å². The van der Waals surface area contributed by atoms with Crippen LogP contribution in [-0.2, 0) is 16.1 Å². The zero-order valence-electron chi connectivity index (χ0n) is 11.2. The van der Waals surface area contributed by atoms with E-state index >= 15 is 0 Å². The molecule has 1 amide bonds. The minimum Gasteiger partial charge on any atom is -0.508 e. The van der Waals surface area contributed by atoms with Gasteiger partial charge in [0, 0.05) is 31.0 Å². The summed E-state index contributed by atoms with van der Waals surface area (Å²) in [5.41, 5.74) is 0.436. The number of hydrogen-bond acceptors (Lipinski definition) is 4. The Hall–Kier alpha value is -2.83. The van der Waals surface area contributed by atoms with E-state index in [0.29, 0.717) is 12.2 Å². The van der Waals surface area contributed by atoms with Crippen molar-refractivity contribution in [3.8, 4) is 5.75 Å². The van der Waals surface area contributed by atoms with Crippen molar-refractivity contribution in [1.29, 1.82) is 0 Å². The number of anilines is 1. The van der Waals surface area contributed by atoms with E-state index < -0.39 is 12.5 Å². The van der Waals surface area contributed by atoms with Crippen LogP contribution in [0.1, 0.15) is 6.42 Å². The van der Waals surface area contributed by atoms with Gasteiger partial charge in [-0.25, -0.2) is 4.98 Å². The standard InChI is InChI=1S/C14H15N3O4/c18-12-3-1-11(2-4-12)17(9-14(20)21)13(19)5-7-16-8-6-15-10-16/h1-4,6,8,10,18H,5,7,9H2,(H,20,21). The first-order valence-electron chi connectivity index (χ1n) is 6.33. The van der Waals surface area contributed by atoms with Crippen LogP contribution in [0.15, 0.2) is 43.0 Å². The lowest BCUT2D eigenvalue weighted by molar-refractivity contribution is -0.136. The monoisotopic (exact) mass is 289 g/mol. The molecule has 2 rings (SSSR count). The van der Waals surface area contributed by atoms with E-state index in [-0.39, 0.29) is 18.1 Å². The highest BCUT2D eigenvalue weighted by Crippen LogP contribution is 2.19. The largest absolute Gasteiger partial charge is 0.508 e. The fourth-order valence-corrected chi connectivity index (χ4v) is 1.87. The highest BCUT2D eigenvalue weighted by molar-refractivity contribution is 5.97. The minimum absolute atomic E-state index is 0.0555. The molecule has 0 spiro atoms. The van der Waals surface area contributed by atoms with E-state index in [1.54, 1.807) is 23.3 Å². The van der Waals surface area contributed by atoms with Crippen molar-refractivity contribution in [2.24, 2.45) is 0 Å². The number of phenolic OH excluding ortho intramolecular Hbond substituents is 1. The molecule has 110 valence electrons. The van der Waals surface area contributed by atoms with Crippen molar-refractivity contribution in [1.82, 2.24) is 9.55 Å². The molecule has 0 fully saturated rings. The summed E-state index contributed by atoms with van der Waals surface area (Å²) in [4.78, 5) is 28.2. The second kappa shape index (κ2) is 6.56. The Bertz CT molecular complexity index is 608. The lowest BCUT2D eigenvalue weighted by atomic mass is 10.2. The molecule has 0 saturated carbocycles. The summed E-state index contributed by atoms with van der Waals surface area (Å²) in [6, 6.07) is 5.83. The maximum Gasteiger partial charge on any atom is 0.323 e. The van der Waals surface area contributed by atoms with E-state index in [2.05, 4.69) is 4.98 Å². The molecule has 0 radical (unpaired) electrons. The summed E-state index contributed by atoms with van der Waals surface area (Å²) in [6.07, 6.45) is 5.09. The Kier molecular flexibility index (Phi) is 4.55. The molecule has 2 aromatic rings. The molecule has 2 N–H and O–H groups in total. The van der Waals surface area contributed by atoms with Crippen LogP contribution in [0.3, 0.4) is 0 Å². The summed E-state index contributed by atoms with van der Waals surface area (Å²) >= 11 is 0. The molecule has 1 aromatic carbocycles. The van der Waals surface area contributed by atoms with Crippen LogP contribution in [0.2, 0.25) is 0 Å². The summed E-state index contributed by atoms with van der Waals surface area (Å²) < 4.78 is 1.74. The van der Waals surface area contributed by atoms with Gasteiger partial charge < -0.3 is 19.7 Å². The van der Waals surface area contributed by atoms with Gasteiger partial charge in [0.25, 0.3) is 0 Å². The lowest BCUT2D eigenvalue weighted by Crippen LogP contribution is -2.36. The van der Waals surface area contributed by atoms with Crippen LogP contribution >= 0.6 is 0 Å². The van der Waals surface area contributed by atoms with Crippen molar-refractivity contribution in [3.05, 3.63) is 43.0 Å². The predicted molar refractivity (Wildman–Crippen MR) is 74.9 cm³/mol. The summed E-state index contributed by atoms with van der Waals surface area (Å²) in [6.45, 7) is 0.000569. The number of nitrogens with zero attached hydrogens (tertiary/aromatic N) is 3. The number of hydrogen-bond donors (Lipinski definition) is 2. The third-order valence-electron chi connectivity index (χ3n) is 2.90. The van der Waals surface area contributed by atoms with Gasteiger partial charge in [0.05, 0.1) is 6.33 Å². The SMILES string of the molecule is O=C(O)CN(C(=O)CCn1ccnc1)c1ccc(O)cc1. The quantitative estimate of drug-likeness (QED) is 0.830. The van der Waals surface area contributed by atoms with Gasteiger partial charge in [0.15, 0.2) is 0 Å². The third kappa shape index (κ3) is 4.07. The number of rotatable bonds is 6. The highest BCUT2D eigenvalue weighted by Gasteiger charge is 2.18. The number of phenols is 1. The van der Waals surface area contributed by atoms with E-state index in [1.165, 1.54) is 29.2 Å². The van der Waals surface area contributed by atoms with Crippen molar-refractivity contribution in [2.75, 3.05) is 11.4 Å². The molecule has 0 saturated heterocycles. The number of carboxylic acids is 1. The number of benzene rings is 1. The molecule has 7 heteroatoms. The molecule has 0 aliphatic heterocycles. The van der Waals surface area contributed by atoms with Crippen molar-refractivity contribution < 1.29 is 19.8 Å². The molecule has 7 nitrogen and oxygen atoms in total. The molecular formula is C14H15N3O4. The number of aryl methyl sites for hydroxylation is 1. The number of carbonyl (C=O) groups is 2. The van der Waals surface area contributed by atoms with E-state index in [9.17, 15) is 14.7 Å². The lowest BCUT2D eigenvalue weighted by Gasteiger charge is -2.21. The fraction of sp³-hybridized carbons (Fsp3) is 0.214. The average Bonchev–Trinajstić information content (AvgIpc) is 2.96. The van der Waals surface area contributed by atoms with Gasteiger partial charge in [-0.15, -0.1) is 0 Å². The van der Waals surface area contributed by atoms with E-state index in [0.717, 1.165) is 0 Å². The summed E-state index contributed by atoms with van der Waals surface area (Å²) in [5.74, 6) is -1.35. The average molecular weight is 289 g/mol. The normalized spacial score (nSPS) is 10.3. The second-order valence-corrected chi connectivity index (χ2v) is 4.44. The molecule has 0 aliphatic rings. The molecule has 1 aromatic heterocycles. The minimum atomic E-state index is -1.10. The first kappa shape index (κ1) is 14.6. The van der Waals surface area contributed by atoms with Crippen LogP contribution in [0.25, 0.3) is 0 Å². The maximum atomic E-state index is 12.2. The molecule has 0 unspecified atom stereocenters. The second-order valence-electron chi connectivity index (χ2n) is 4.44. The Balaban J connectivity index is 2.09. The van der Waals surface area contributed by atoms with Gasteiger partial charge in [-0.2, -0.15) is 0 Å². The van der Waals surface area contributed by atoms with Gasteiger partial charge in [-0.1, -0.05) is 0 Å². The zero-order chi connectivity index (χ0) is 15.2. The predicted octanol–water partition coefficient (Wildman–Crippen LogP) is 1.10. The van der Waals surface area contributed by atoms with Gasteiger partial charge >= 0.3 is 5.97 Å². The Labute approximate surface area is 121 Å².